The smallest absolute Gasteiger partial charge is 0.220 e. The average Bonchev–Trinajstić information content (AvgIpc) is 3.41. The number of aliphatic hydroxyl groups excluding tert-OH is 5. The summed E-state index contributed by atoms with van der Waals surface area (Å²) in [5.74, 6) is -0.171. The van der Waals surface area contributed by atoms with E-state index in [9.17, 15) is 30.3 Å². The van der Waals surface area contributed by atoms with Gasteiger partial charge in [-0.1, -0.05) is 308 Å². The van der Waals surface area contributed by atoms with Crippen LogP contribution in [0.5, 0.6) is 0 Å². The molecule has 6 N–H and O–H groups in total. The first-order valence-electron chi connectivity index (χ1n) is 33.1. The Hall–Kier alpha value is -1.33. The zero-order chi connectivity index (χ0) is 54.3. The summed E-state index contributed by atoms with van der Waals surface area (Å²) in [5.41, 5.74) is 0. The van der Waals surface area contributed by atoms with E-state index in [2.05, 4.69) is 31.3 Å². The van der Waals surface area contributed by atoms with Crippen molar-refractivity contribution in [3.8, 4) is 0 Å². The van der Waals surface area contributed by atoms with Crippen LogP contribution in [0.15, 0.2) is 24.3 Å². The Kier molecular flexibility index (Phi) is 53.5. The van der Waals surface area contributed by atoms with Gasteiger partial charge in [-0.05, 0) is 44.9 Å². The molecule has 75 heavy (non-hydrogen) atoms. The number of aliphatic hydroxyl groups is 5. The number of ether oxygens (including phenoxy) is 2. The van der Waals surface area contributed by atoms with Gasteiger partial charge >= 0.3 is 0 Å². The Balaban J connectivity index is 2.16. The minimum atomic E-state index is -1.57. The topological polar surface area (TPSA) is 149 Å². The third kappa shape index (κ3) is 45.1. The van der Waals surface area contributed by atoms with E-state index in [1.165, 1.54) is 276 Å². The van der Waals surface area contributed by atoms with Crippen molar-refractivity contribution in [2.75, 3.05) is 13.2 Å². The highest BCUT2D eigenvalue weighted by atomic mass is 16.7. The molecule has 1 heterocycles. The Bertz CT molecular complexity index is 1230. The summed E-state index contributed by atoms with van der Waals surface area (Å²) >= 11 is 0. The molecule has 1 saturated heterocycles. The molecular formula is C66H127NO8. The van der Waals surface area contributed by atoms with Gasteiger partial charge in [0.15, 0.2) is 6.29 Å². The molecule has 444 valence electrons. The first-order chi connectivity index (χ1) is 36.8. The van der Waals surface area contributed by atoms with E-state index in [4.69, 9.17) is 9.47 Å². The van der Waals surface area contributed by atoms with Crippen LogP contribution in [0, 0.1) is 0 Å². The molecule has 7 unspecified atom stereocenters. The lowest BCUT2D eigenvalue weighted by molar-refractivity contribution is -0.302. The van der Waals surface area contributed by atoms with Gasteiger partial charge in [0.05, 0.1) is 25.4 Å². The summed E-state index contributed by atoms with van der Waals surface area (Å²) < 4.78 is 11.3. The largest absolute Gasteiger partial charge is 0.394 e. The maximum atomic E-state index is 13.1. The van der Waals surface area contributed by atoms with Crippen LogP contribution in [-0.4, -0.2) is 87.5 Å². The maximum absolute atomic E-state index is 13.1. The van der Waals surface area contributed by atoms with Crippen LogP contribution in [0.4, 0.5) is 0 Å². The number of carbonyl (C=O) groups is 1. The predicted octanol–water partition coefficient (Wildman–Crippen LogP) is 17.3. The monoisotopic (exact) mass is 1060 g/mol. The lowest BCUT2D eigenvalue weighted by Crippen LogP contribution is -2.60. The van der Waals surface area contributed by atoms with Crippen molar-refractivity contribution in [1.82, 2.24) is 5.32 Å². The number of rotatable bonds is 58. The maximum Gasteiger partial charge on any atom is 0.220 e. The van der Waals surface area contributed by atoms with E-state index >= 15 is 0 Å². The Labute approximate surface area is 464 Å². The van der Waals surface area contributed by atoms with Crippen molar-refractivity contribution in [3.05, 3.63) is 24.3 Å². The fourth-order valence-corrected chi connectivity index (χ4v) is 10.8. The standard InChI is InChI=1S/C66H127NO8/c1-3-5-7-9-11-13-15-17-19-21-23-25-27-29-30-31-32-34-36-38-40-42-44-46-48-50-52-54-56-62(70)67-59(58-74-66-65(73)64(72)63(71)61(57-68)75-66)60(69)55-53-51-49-47-45-43-41-39-37-35-33-28-26-24-22-20-18-16-14-12-10-8-6-4-2/h29-30,53,55,59-61,63-66,68-69,71-73H,3-28,31-52,54,56-58H2,1-2H3,(H,67,70)/b30-29-,55-53+. The quantitative estimate of drug-likeness (QED) is 0.0261. The van der Waals surface area contributed by atoms with Gasteiger partial charge in [-0.15, -0.1) is 0 Å². The van der Waals surface area contributed by atoms with E-state index in [1.54, 1.807) is 6.08 Å². The molecule has 0 saturated carbocycles. The molecule has 0 aromatic carbocycles. The van der Waals surface area contributed by atoms with Crippen LogP contribution < -0.4 is 5.32 Å². The molecule has 9 heteroatoms. The molecule has 0 radical (unpaired) electrons. The minimum Gasteiger partial charge on any atom is -0.394 e. The number of hydrogen-bond donors (Lipinski definition) is 6. The zero-order valence-electron chi connectivity index (χ0n) is 49.6. The summed E-state index contributed by atoms with van der Waals surface area (Å²) in [4.78, 5) is 13.1. The van der Waals surface area contributed by atoms with Crippen molar-refractivity contribution in [1.29, 1.82) is 0 Å². The molecule has 1 fully saturated rings. The number of unbranched alkanes of at least 4 members (excludes halogenated alkanes) is 46. The van der Waals surface area contributed by atoms with Gasteiger partial charge in [-0.3, -0.25) is 4.79 Å². The van der Waals surface area contributed by atoms with Crippen molar-refractivity contribution < 1.29 is 39.8 Å². The van der Waals surface area contributed by atoms with E-state index in [1.807, 2.05) is 6.08 Å². The Morgan fingerprint density at radius 2 is 0.747 bits per heavy atom. The number of amides is 1. The summed E-state index contributed by atoms with van der Waals surface area (Å²) in [5, 5.41) is 54.7. The molecule has 1 aliphatic heterocycles. The van der Waals surface area contributed by atoms with Crippen LogP contribution in [0.2, 0.25) is 0 Å². The number of hydrogen-bond acceptors (Lipinski definition) is 8. The number of nitrogens with one attached hydrogen (secondary N) is 1. The fourth-order valence-electron chi connectivity index (χ4n) is 10.8. The molecule has 0 spiro atoms. The second-order valence-corrected chi connectivity index (χ2v) is 23.3. The van der Waals surface area contributed by atoms with Gasteiger partial charge < -0.3 is 40.3 Å². The van der Waals surface area contributed by atoms with Gasteiger partial charge in [0.2, 0.25) is 5.91 Å². The minimum absolute atomic E-state index is 0.171. The summed E-state index contributed by atoms with van der Waals surface area (Å²) in [6, 6.07) is -0.804. The van der Waals surface area contributed by atoms with Gasteiger partial charge in [-0.2, -0.15) is 0 Å². The highest BCUT2D eigenvalue weighted by Crippen LogP contribution is 2.23. The molecule has 0 aromatic rings. The van der Waals surface area contributed by atoms with Crippen LogP contribution in [0.25, 0.3) is 0 Å². The van der Waals surface area contributed by atoms with E-state index in [-0.39, 0.29) is 12.5 Å². The van der Waals surface area contributed by atoms with Crippen LogP contribution in [0.1, 0.15) is 335 Å². The van der Waals surface area contributed by atoms with E-state index < -0.39 is 49.5 Å². The van der Waals surface area contributed by atoms with Gasteiger partial charge in [-0.25, -0.2) is 0 Å². The fraction of sp³-hybridized carbons (Fsp3) is 0.924. The zero-order valence-corrected chi connectivity index (χ0v) is 49.6. The van der Waals surface area contributed by atoms with Gasteiger partial charge in [0.1, 0.15) is 24.4 Å². The van der Waals surface area contributed by atoms with Gasteiger partial charge in [0, 0.05) is 6.42 Å². The highest BCUT2D eigenvalue weighted by molar-refractivity contribution is 5.76. The third-order valence-electron chi connectivity index (χ3n) is 16.0. The second kappa shape index (κ2) is 56.0. The predicted molar refractivity (Wildman–Crippen MR) is 318 cm³/mol. The molecule has 0 aromatic heterocycles. The van der Waals surface area contributed by atoms with Gasteiger partial charge in [0.25, 0.3) is 0 Å². The lowest BCUT2D eigenvalue weighted by Gasteiger charge is -2.40. The molecule has 7 atom stereocenters. The second-order valence-electron chi connectivity index (χ2n) is 23.3. The molecular weight excluding hydrogens is 935 g/mol. The summed E-state index contributed by atoms with van der Waals surface area (Å²) in [6.07, 6.45) is 65.5. The van der Waals surface area contributed by atoms with Crippen LogP contribution >= 0.6 is 0 Å². The molecule has 1 rings (SSSR count). The first kappa shape index (κ1) is 71.7. The van der Waals surface area contributed by atoms with E-state index in [0.717, 1.165) is 38.5 Å². The van der Waals surface area contributed by atoms with Crippen molar-refractivity contribution in [3.63, 3.8) is 0 Å². The van der Waals surface area contributed by atoms with Crippen molar-refractivity contribution >= 4 is 5.91 Å². The van der Waals surface area contributed by atoms with Crippen molar-refractivity contribution in [2.45, 2.75) is 378 Å². The van der Waals surface area contributed by atoms with E-state index in [0.29, 0.717) is 6.42 Å². The Morgan fingerprint density at radius 3 is 1.08 bits per heavy atom. The summed E-state index contributed by atoms with van der Waals surface area (Å²) in [6.45, 7) is 3.83. The Morgan fingerprint density at radius 1 is 0.440 bits per heavy atom. The first-order valence-corrected chi connectivity index (χ1v) is 33.1. The number of allylic oxidation sites excluding steroid dienone is 3. The molecule has 9 nitrogen and oxygen atoms in total. The highest BCUT2D eigenvalue weighted by Gasteiger charge is 2.44. The number of carbonyl (C=O) groups excluding carboxylic acids is 1. The molecule has 1 amide bonds. The summed E-state index contributed by atoms with van der Waals surface area (Å²) in [7, 11) is 0. The van der Waals surface area contributed by atoms with Crippen LogP contribution in [-0.2, 0) is 14.3 Å². The normalized spacial score (nSPS) is 18.9. The van der Waals surface area contributed by atoms with Crippen molar-refractivity contribution in [2.24, 2.45) is 0 Å². The average molecular weight is 1060 g/mol. The molecule has 0 aliphatic carbocycles. The molecule has 0 bridgehead atoms. The van der Waals surface area contributed by atoms with Crippen LogP contribution in [0.3, 0.4) is 0 Å². The molecule has 1 aliphatic rings. The SMILES string of the molecule is CCCCCCCCCCCCCC/C=C\CCCCCCCCCCCCCCC(=O)NC(COC1OC(CO)C(O)C(O)C1O)C(O)/C=C/CCCCCCCCCCCCCCCCCCCCCCCC. The lowest BCUT2D eigenvalue weighted by atomic mass is 9.99. The third-order valence-corrected chi connectivity index (χ3v) is 16.0.